The van der Waals surface area contributed by atoms with Gasteiger partial charge in [-0.2, -0.15) is 16.8 Å². The Morgan fingerprint density at radius 1 is 0.720 bits per heavy atom. The molecule has 0 aromatic rings. The van der Waals surface area contributed by atoms with Gasteiger partial charge in [0.1, 0.15) is 5.25 Å². The monoisotopic (exact) mass is 402 g/mol. The molecule has 0 aliphatic heterocycles. The highest BCUT2D eigenvalue weighted by Gasteiger charge is 2.25. The molecule has 0 aromatic heterocycles. The van der Waals surface area contributed by atoms with Gasteiger partial charge in [0.2, 0.25) is 0 Å². The van der Waals surface area contributed by atoms with Crippen LogP contribution in [0.3, 0.4) is 0 Å². The van der Waals surface area contributed by atoms with Gasteiger partial charge in [0.05, 0.1) is 6.61 Å². The minimum atomic E-state index is -4.71. The Kier molecular flexibility index (Phi) is 13.8. The fourth-order valence-corrected chi connectivity index (χ4v) is 3.82. The Bertz CT molecular complexity index is 515. The summed E-state index contributed by atoms with van der Waals surface area (Å²) >= 11 is 0. The molecule has 1 unspecified atom stereocenters. The molecule has 0 aliphatic carbocycles. The molecule has 0 bridgehead atoms. The highest BCUT2D eigenvalue weighted by molar-refractivity contribution is 7.86. The topological polar surface area (TPSA) is 118 Å². The first-order valence-electron chi connectivity index (χ1n) is 9.25. The summed E-state index contributed by atoms with van der Waals surface area (Å²) in [7, 11) is -9.11. The molecule has 0 fully saturated rings. The molecule has 9 heteroatoms. The zero-order valence-electron chi connectivity index (χ0n) is 15.2. The van der Waals surface area contributed by atoms with Gasteiger partial charge in [-0.1, -0.05) is 84.0 Å². The first-order valence-corrected chi connectivity index (χ1v) is 12.1. The maximum Gasteiger partial charge on any atom is 0.397 e. The molecule has 0 saturated carbocycles. The maximum absolute atomic E-state index is 11.2. The summed E-state index contributed by atoms with van der Waals surface area (Å²) in [6.45, 7) is 1.44. The number of unbranched alkanes of at least 4 members (excludes halogenated alkanes) is 11. The van der Waals surface area contributed by atoms with E-state index in [0.717, 1.165) is 19.3 Å². The van der Waals surface area contributed by atoms with E-state index in [-0.39, 0.29) is 6.42 Å². The summed E-state index contributed by atoms with van der Waals surface area (Å²) in [6, 6.07) is 0. The van der Waals surface area contributed by atoms with Crippen molar-refractivity contribution in [2.24, 2.45) is 0 Å². The zero-order chi connectivity index (χ0) is 19.2. The van der Waals surface area contributed by atoms with Crippen LogP contribution >= 0.6 is 0 Å². The van der Waals surface area contributed by atoms with Crippen molar-refractivity contribution in [3.8, 4) is 0 Å². The third-order valence-electron chi connectivity index (χ3n) is 4.20. The van der Waals surface area contributed by atoms with Crippen molar-refractivity contribution in [1.82, 2.24) is 0 Å². The van der Waals surface area contributed by atoms with Crippen molar-refractivity contribution in [3.05, 3.63) is 0 Å². The third kappa shape index (κ3) is 17.0. The Morgan fingerprint density at radius 2 is 1.12 bits per heavy atom. The van der Waals surface area contributed by atoms with Crippen LogP contribution in [-0.4, -0.2) is 37.8 Å². The second kappa shape index (κ2) is 13.9. The van der Waals surface area contributed by atoms with Crippen LogP contribution in [0, 0.1) is 0 Å². The van der Waals surface area contributed by atoms with Gasteiger partial charge in [0.15, 0.2) is 0 Å². The van der Waals surface area contributed by atoms with Crippen LogP contribution in [0.25, 0.3) is 0 Å². The number of hydrogen-bond donors (Lipinski definition) is 2. The molecule has 0 radical (unpaired) electrons. The maximum atomic E-state index is 11.2. The van der Waals surface area contributed by atoms with Crippen LogP contribution in [-0.2, 0) is 24.7 Å². The van der Waals surface area contributed by atoms with Gasteiger partial charge in [-0.05, 0) is 6.42 Å². The van der Waals surface area contributed by atoms with E-state index in [2.05, 4.69) is 11.1 Å². The first kappa shape index (κ1) is 24.8. The largest absolute Gasteiger partial charge is 0.397 e. The Labute approximate surface area is 153 Å². The average molecular weight is 403 g/mol. The summed E-state index contributed by atoms with van der Waals surface area (Å²) in [5.41, 5.74) is 0. The molecule has 7 nitrogen and oxygen atoms in total. The molecule has 0 amide bonds. The van der Waals surface area contributed by atoms with Crippen molar-refractivity contribution >= 4 is 20.5 Å². The van der Waals surface area contributed by atoms with Gasteiger partial charge in [-0.25, -0.2) is 4.18 Å². The molecule has 0 aromatic carbocycles. The van der Waals surface area contributed by atoms with E-state index >= 15 is 0 Å². The second-order valence-electron chi connectivity index (χ2n) is 6.53. The van der Waals surface area contributed by atoms with Crippen molar-refractivity contribution in [3.63, 3.8) is 0 Å². The van der Waals surface area contributed by atoms with Gasteiger partial charge in [-0.15, -0.1) is 0 Å². The third-order valence-corrected chi connectivity index (χ3v) is 5.85. The average Bonchev–Trinajstić information content (AvgIpc) is 2.49. The normalized spacial score (nSPS) is 13.9. The highest BCUT2D eigenvalue weighted by atomic mass is 32.3. The van der Waals surface area contributed by atoms with Crippen molar-refractivity contribution in [1.29, 1.82) is 0 Å². The molecular weight excluding hydrogens is 368 g/mol. The van der Waals surface area contributed by atoms with Gasteiger partial charge in [0, 0.05) is 0 Å². The summed E-state index contributed by atoms with van der Waals surface area (Å²) < 4.78 is 65.0. The van der Waals surface area contributed by atoms with E-state index in [0.29, 0.717) is 6.42 Å². The first-order chi connectivity index (χ1) is 11.7. The number of hydrogen-bond acceptors (Lipinski definition) is 5. The SMILES string of the molecule is CCCCCCCCCCCCCCC(COS(=O)(=O)O)S(=O)(=O)O. The molecular formula is C16H34O7S2. The predicted octanol–water partition coefficient (Wildman–Crippen LogP) is 4.15. The van der Waals surface area contributed by atoms with Gasteiger partial charge >= 0.3 is 10.4 Å². The number of rotatable bonds is 17. The summed E-state index contributed by atoms with van der Waals surface area (Å²) in [6.07, 6.45) is 13.7. The summed E-state index contributed by atoms with van der Waals surface area (Å²) in [5.74, 6) is 0. The van der Waals surface area contributed by atoms with E-state index in [4.69, 9.17) is 9.11 Å². The van der Waals surface area contributed by atoms with E-state index in [9.17, 15) is 16.8 Å². The van der Waals surface area contributed by atoms with Gasteiger partial charge < -0.3 is 0 Å². The predicted molar refractivity (Wildman–Crippen MR) is 98.5 cm³/mol. The van der Waals surface area contributed by atoms with Gasteiger partial charge in [-0.3, -0.25) is 9.11 Å². The lowest BCUT2D eigenvalue weighted by molar-refractivity contribution is 0.258. The van der Waals surface area contributed by atoms with Crippen molar-refractivity contribution in [2.75, 3.05) is 6.61 Å². The highest BCUT2D eigenvalue weighted by Crippen LogP contribution is 2.15. The Hall–Kier alpha value is -0.220. The lowest BCUT2D eigenvalue weighted by Gasteiger charge is -2.12. The fraction of sp³-hybridized carbons (Fsp3) is 1.00. The molecule has 0 heterocycles. The van der Waals surface area contributed by atoms with Crippen LogP contribution in [0.1, 0.15) is 90.4 Å². The van der Waals surface area contributed by atoms with Crippen molar-refractivity contribution in [2.45, 2.75) is 95.6 Å². The summed E-state index contributed by atoms with van der Waals surface area (Å²) in [4.78, 5) is 0. The Balaban J connectivity index is 3.69. The lowest BCUT2D eigenvalue weighted by Crippen LogP contribution is -2.27. The van der Waals surface area contributed by atoms with Crippen LogP contribution in [0.2, 0.25) is 0 Å². The van der Waals surface area contributed by atoms with E-state index < -0.39 is 32.4 Å². The molecule has 0 saturated heterocycles. The van der Waals surface area contributed by atoms with E-state index in [1.165, 1.54) is 51.4 Å². The molecule has 152 valence electrons. The standard InChI is InChI=1S/C16H34O7S2/c1-2-3-4-5-6-7-8-9-10-11-12-13-14-16(24(17,18)19)15-23-25(20,21)22/h16H,2-15H2,1H3,(H,17,18,19)(H,20,21,22). The smallest absolute Gasteiger partial charge is 0.285 e. The van der Waals surface area contributed by atoms with Gasteiger partial charge in [0.25, 0.3) is 10.1 Å². The Morgan fingerprint density at radius 3 is 1.48 bits per heavy atom. The minimum Gasteiger partial charge on any atom is -0.285 e. The molecule has 0 rings (SSSR count). The molecule has 25 heavy (non-hydrogen) atoms. The lowest BCUT2D eigenvalue weighted by atomic mass is 10.0. The van der Waals surface area contributed by atoms with E-state index in [1.54, 1.807) is 0 Å². The molecule has 2 N–H and O–H groups in total. The molecule has 0 spiro atoms. The minimum absolute atomic E-state index is 0.103. The van der Waals surface area contributed by atoms with E-state index in [1.807, 2.05) is 0 Å². The van der Waals surface area contributed by atoms with Crippen LogP contribution in [0.5, 0.6) is 0 Å². The van der Waals surface area contributed by atoms with Crippen LogP contribution in [0.15, 0.2) is 0 Å². The summed E-state index contributed by atoms with van der Waals surface area (Å²) in [5, 5.41) is -1.34. The van der Waals surface area contributed by atoms with Crippen LogP contribution in [0.4, 0.5) is 0 Å². The zero-order valence-corrected chi connectivity index (χ0v) is 16.9. The second-order valence-corrected chi connectivity index (χ2v) is 9.31. The van der Waals surface area contributed by atoms with Crippen LogP contribution < -0.4 is 0 Å². The molecule has 1 atom stereocenters. The van der Waals surface area contributed by atoms with Crippen molar-refractivity contribution < 1.29 is 30.1 Å². The molecule has 0 aliphatic rings. The fourth-order valence-electron chi connectivity index (χ4n) is 2.69. The quantitative estimate of drug-likeness (QED) is 0.277.